The number of benzene rings is 1. The van der Waals surface area contributed by atoms with Crippen molar-refractivity contribution in [3.8, 4) is 5.75 Å². The molecule has 0 bridgehead atoms. The molecule has 112 valence electrons. The summed E-state index contributed by atoms with van der Waals surface area (Å²) in [7, 11) is -1.88. The second kappa shape index (κ2) is 6.14. The number of ether oxygens (including phenoxy) is 1. The number of hydrogen-bond donors (Lipinski definition) is 1. The molecule has 1 aliphatic rings. The monoisotopic (exact) mass is 297 g/mol. The lowest BCUT2D eigenvalue weighted by molar-refractivity contribution is 0.227. The highest BCUT2D eigenvalue weighted by molar-refractivity contribution is 7.89. The average Bonchev–Trinajstić information content (AvgIpc) is 2.44. The molecule has 1 aliphatic carbocycles. The van der Waals surface area contributed by atoms with Crippen molar-refractivity contribution >= 4 is 10.0 Å². The van der Waals surface area contributed by atoms with Gasteiger partial charge in [-0.25, -0.2) is 13.1 Å². The maximum Gasteiger partial charge on any atom is 0.240 e. The molecule has 0 spiro atoms. The fraction of sp³-hybridized carbons (Fsp3) is 0.600. The number of sulfonamides is 1. The van der Waals surface area contributed by atoms with Crippen molar-refractivity contribution in [2.75, 3.05) is 7.11 Å². The Labute approximate surface area is 121 Å². The molecule has 1 saturated carbocycles. The van der Waals surface area contributed by atoms with Crippen LogP contribution >= 0.6 is 0 Å². The Hall–Kier alpha value is -1.07. The van der Waals surface area contributed by atoms with Crippen molar-refractivity contribution in [2.45, 2.75) is 44.0 Å². The van der Waals surface area contributed by atoms with Crippen molar-refractivity contribution in [3.05, 3.63) is 24.3 Å². The van der Waals surface area contributed by atoms with Crippen LogP contribution in [0.15, 0.2) is 29.2 Å². The first kappa shape index (κ1) is 15.3. The molecular weight excluding hydrogens is 274 g/mol. The summed E-state index contributed by atoms with van der Waals surface area (Å²) in [5.41, 5.74) is 0. The number of hydrogen-bond acceptors (Lipinski definition) is 3. The van der Waals surface area contributed by atoms with E-state index >= 15 is 0 Å². The Kier molecular flexibility index (Phi) is 4.70. The minimum atomic E-state index is -3.45. The third kappa shape index (κ3) is 3.33. The molecule has 1 fully saturated rings. The van der Waals surface area contributed by atoms with Gasteiger partial charge in [-0.15, -0.1) is 0 Å². The van der Waals surface area contributed by atoms with Gasteiger partial charge in [-0.05, 0) is 42.5 Å². The van der Waals surface area contributed by atoms with Crippen molar-refractivity contribution in [2.24, 2.45) is 11.8 Å². The number of rotatable bonds is 4. The lowest BCUT2D eigenvalue weighted by Gasteiger charge is -2.34. The van der Waals surface area contributed by atoms with Crippen LogP contribution in [0.4, 0.5) is 0 Å². The molecule has 2 rings (SSSR count). The van der Waals surface area contributed by atoms with Gasteiger partial charge in [0, 0.05) is 6.04 Å². The maximum absolute atomic E-state index is 12.4. The molecule has 1 N–H and O–H groups in total. The summed E-state index contributed by atoms with van der Waals surface area (Å²) >= 11 is 0. The minimum Gasteiger partial charge on any atom is -0.497 e. The number of methoxy groups -OCH3 is 1. The third-order valence-corrected chi connectivity index (χ3v) is 5.89. The van der Waals surface area contributed by atoms with Crippen molar-refractivity contribution < 1.29 is 13.2 Å². The normalized spacial score (nSPS) is 27.2. The predicted molar refractivity (Wildman–Crippen MR) is 79.3 cm³/mol. The molecule has 0 unspecified atom stereocenters. The van der Waals surface area contributed by atoms with Gasteiger partial charge in [0.15, 0.2) is 0 Å². The molecule has 0 amide bonds. The highest BCUT2D eigenvalue weighted by atomic mass is 32.2. The van der Waals surface area contributed by atoms with Crippen LogP contribution in [-0.4, -0.2) is 21.6 Å². The largest absolute Gasteiger partial charge is 0.497 e. The van der Waals surface area contributed by atoms with E-state index < -0.39 is 10.0 Å². The quantitative estimate of drug-likeness (QED) is 0.929. The Morgan fingerprint density at radius 1 is 1.15 bits per heavy atom. The summed E-state index contributed by atoms with van der Waals surface area (Å²) in [6.07, 6.45) is 3.18. The van der Waals surface area contributed by atoms with E-state index in [0.29, 0.717) is 22.5 Å². The maximum atomic E-state index is 12.4. The van der Waals surface area contributed by atoms with Crippen molar-refractivity contribution in [1.82, 2.24) is 4.72 Å². The Balaban J connectivity index is 2.13. The van der Waals surface area contributed by atoms with E-state index in [2.05, 4.69) is 18.6 Å². The summed E-state index contributed by atoms with van der Waals surface area (Å²) in [5.74, 6) is 1.59. The van der Waals surface area contributed by atoms with Crippen LogP contribution in [0.2, 0.25) is 0 Å². The van der Waals surface area contributed by atoms with Crippen LogP contribution in [0.5, 0.6) is 5.75 Å². The summed E-state index contributed by atoms with van der Waals surface area (Å²) in [4.78, 5) is 0.295. The highest BCUT2D eigenvalue weighted by Gasteiger charge is 2.30. The van der Waals surface area contributed by atoms with Crippen LogP contribution in [0.1, 0.15) is 33.1 Å². The van der Waals surface area contributed by atoms with Gasteiger partial charge < -0.3 is 4.74 Å². The van der Waals surface area contributed by atoms with E-state index in [9.17, 15) is 8.42 Å². The summed E-state index contributed by atoms with van der Waals surface area (Å²) in [6, 6.07) is 6.53. The highest BCUT2D eigenvalue weighted by Crippen LogP contribution is 2.30. The second-order valence-corrected chi connectivity index (χ2v) is 7.38. The number of nitrogens with one attached hydrogen (secondary N) is 1. The van der Waals surface area contributed by atoms with Gasteiger partial charge in [0.2, 0.25) is 10.0 Å². The molecule has 3 atom stereocenters. The lowest BCUT2D eigenvalue weighted by Crippen LogP contribution is -2.43. The molecule has 0 saturated heterocycles. The summed E-state index contributed by atoms with van der Waals surface area (Å²) < 4.78 is 32.7. The first-order valence-corrected chi connectivity index (χ1v) is 8.59. The van der Waals surface area contributed by atoms with E-state index in [0.717, 1.165) is 12.8 Å². The summed E-state index contributed by atoms with van der Waals surface area (Å²) in [5, 5.41) is 0. The van der Waals surface area contributed by atoms with Gasteiger partial charge in [0.1, 0.15) is 5.75 Å². The molecule has 0 aliphatic heterocycles. The zero-order valence-electron chi connectivity index (χ0n) is 12.3. The molecule has 20 heavy (non-hydrogen) atoms. The van der Waals surface area contributed by atoms with Gasteiger partial charge in [0.05, 0.1) is 12.0 Å². The SMILES string of the molecule is COc1ccc(S(=O)(=O)N[C@H]2CCC[C@H](C)[C@H]2C)cc1. The first-order chi connectivity index (χ1) is 9.44. The predicted octanol–water partition coefficient (Wildman–Crippen LogP) is 2.80. The average molecular weight is 297 g/mol. The van der Waals surface area contributed by atoms with Gasteiger partial charge in [-0.1, -0.05) is 26.7 Å². The Morgan fingerprint density at radius 3 is 2.40 bits per heavy atom. The molecular formula is C15H23NO3S. The zero-order chi connectivity index (χ0) is 14.8. The van der Waals surface area contributed by atoms with E-state index in [-0.39, 0.29) is 6.04 Å². The minimum absolute atomic E-state index is 0.0332. The zero-order valence-corrected chi connectivity index (χ0v) is 13.1. The van der Waals surface area contributed by atoms with Gasteiger partial charge in [0.25, 0.3) is 0 Å². The Bertz CT molecular complexity index is 539. The van der Waals surface area contributed by atoms with Gasteiger partial charge in [-0.2, -0.15) is 0 Å². The molecule has 1 aromatic rings. The molecule has 1 aromatic carbocycles. The first-order valence-electron chi connectivity index (χ1n) is 7.10. The van der Waals surface area contributed by atoms with Crippen LogP contribution < -0.4 is 9.46 Å². The summed E-state index contributed by atoms with van der Waals surface area (Å²) in [6.45, 7) is 4.32. The second-order valence-electron chi connectivity index (χ2n) is 5.67. The van der Waals surface area contributed by atoms with Gasteiger partial charge in [-0.3, -0.25) is 0 Å². The van der Waals surface area contributed by atoms with E-state index in [1.54, 1.807) is 31.4 Å². The molecule has 5 heteroatoms. The standard InChI is InChI=1S/C15H23NO3S/c1-11-5-4-6-15(12(11)2)16-20(17,18)14-9-7-13(19-3)8-10-14/h7-12,15-16H,4-6H2,1-3H3/t11-,12+,15-/m0/s1. The smallest absolute Gasteiger partial charge is 0.240 e. The molecule has 0 heterocycles. The Morgan fingerprint density at radius 2 is 1.80 bits per heavy atom. The molecule has 4 nitrogen and oxygen atoms in total. The van der Waals surface area contributed by atoms with E-state index in [1.807, 2.05) is 0 Å². The topological polar surface area (TPSA) is 55.4 Å². The molecule has 0 radical (unpaired) electrons. The van der Waals surface area contributed by atoms with Crippen molar-refractivity contribution in [3.63, 3.8) is 0 Å². The van der Waals surface area contributed by atoms with Crippen LogP contribution in [0.3, 0.4) is 0 Å². The van der Waals surface area contributed by atoms with E-state index in [1.165, 1.54) is 6.42 Å². The van der Waals surface area contributed by atoms with E-state index in [4.69, 9.17) is 4.74 Å². The lowest BCUT2D eigenvalue weighted by atomic mass is 9.78. The molecule has 0 aromatic heterocycles. The van der Waals surface area contributed by atoms with Crippen LogP contribution in [0, 0.1) is 11.8 Å². The van der Waals surface area contributed by atoms with Crippen molar-refractivity contribution in [1.29, 1.82) is 0 Å². The van der Waals surface area contributed by atoms with Crippen LogP contribution in [0.25, 0.3) is 0 Å². The van der Waals surface area contributed by atoms with Crippen LogP contribution in [-0.2, 0) is 10.0 Å². The fourth-order valence-corrected chi connectivity index (χ4v) is 4.13. The van der Waals surface area contributed by atoms with Gasteiger partial charge >= 0.3 is 0 Å². The fourth-order valence-electron chi connectivity index (χ4n) is 2.77. The third-order valence-electron chi connectivity index (χ3n) is 4.38.